The summed E-state index contributed by atoms with van der Waals surface area (Å²) in [6.45, 7) is 0.849. The van der Waals surface area contributed by atoms with Crippen LogP contribution in [0.15, 0.2) is 90.3 Å². The summed E-state index contributed by atoms with van der Waals surface area (Å²) < 4.78 is 0. The first-order valence-electron chi connectivity index (χ1n) is 8.33. The number of carbonyl (C=O) groups excluding carboxylic acids is 2. The fraction of sp³-hybridized carbons (Fsp3) is 0.0909. The van der Waals surface area contributed by atoms with E-state index in [1.807, 2.05) is 42.8 Å². The van der Waals surface area contributed by atoms with Crippen molar-refractivity contribution in [3.63, 3.8) is 0 Å². The summed E-state index contributed by atoms with van der Waals surface area (Å²) >= 11 is 0. The van der Waals surface area contributed by atoms with Crippen molar-refractivity contribution in [3.05, 3.63) is 107 Å². The molecule has 4 rings (SSSR count). The molecule has 0 amide bonds. The number of carbonyl (C=O) groups is 2. The van der Waals surface area contributed by atoms with Gasteiger partial charge in [-0.25, -0.2) is 0 Å². The molecule has 0 spiro atoms. The van der Waals surface area contributed by atoms with Gasteiger partial charge < -0.3 is 4.90 Å². The van der Waals surface area contributed by atoms with Crippen molar-refractivity contribution in [2.75, 3.05) is 6.54 Å². The Morgan fingerprint density at radius 1 is 0.720 bits per heavy atom. The minimum absolute atomic E-state index is 0.178. The average Bonchev–Trinajstić information content (AvgIpc) is 2.93. The van der Waals surface area contributed by atoms with Crippen molar-refractivity contribution in [2.45, 2.75) is 6.42 Å². The van der Waals surface area contributed by atoms with E-state index in [0.717, 1.165) is 13.0 Å². The van der Waals surface area contributed by atoms with Crippen LogP contribution in [0.4, 0.5) is 0 Å². The minimum Gasteiger partial charge on any atom is -0.354 e. The van der Waals surface area contributed by atoms with E-state index in [2.05, 4.69) is 17.0 Å². The molecule has 122 valence electrons. The van der Waals surface area contributed by atoms with Crippen LogP contribution < -0.4 is 0 Å². The maximum Gasteiger partial charge on any atom is 0.198 e. The van der Waals surface area contributed by atoms with Crippen LogP contribution in [0.3, 0.4) is 0 Å². The Bertz CT molecular complexity index is 883. The second-order valence-corrected chi connectivity index (χ2v) is 6.14. The molecule has 3 heteroatoms. The van der Waals surface area contributed by atoms with Crippen molar-refractivity contribution in [1.29, 1.82) is 0 Å². The van der Waals surface area contributed by atoms with E-state index >= 15 is 0 Å². The lowest BCUT2D eigenvalue weighted by Crippen LogP contribution is -2.16. The predicted molar refractivity (Wildman–Crippen MR) is 97.3 cm³/mol. The fourth-order valence-corrected chi connectivity index (χ4v) is 3.19. The molecule has 0 radical (unpaired) electrons. The molecule has 0 aromatic heterocycles. The number of fused-ring (bicyclic) bond motifs is 1. The molecule has 0 unspecified atom stereocenters. The maximum absolute atomic E-state index is 12.5. The first kappa shape index (κ1) is 15.3. The molecule has 3 nitrogen and oxygen atoms in total. The lowest BCUT2D eigenvalue weighted by Gasteiger charge is -2.19. The minimum atomic E-state index is -0.178. The molecule has 0 saturated carbocycles. The highest BCUT2D eigenvalue weighted by molar-refractivity contribution is 6.40. The zero-order valence-corrected chi connectivity index (χ0v) is 13.7. The number of Topliss-reactive ketones (excluding diaryl/α,β-unsaturated/α-hetero) is 2. The van der Waals surface area contributed by atoms with E-state index in [1.54, 1.807) is 24.3 Å². The van der Waals surface area contributed by atoms with Gasteiger partial charge in [-0.1, -0.05) is 54.6 Å². The standard InChI is InChI=1S/C22H17NO2/c24-21-18-8-4-5-9-19(18)22(25)20(21)17-11-14-23(15-12-17)13-10-16-6-2-1-3-7-16/h1-9,11-12,14-15H,10,13H2. The number of rotatable bonds is 3. The van der Waals surface area contributed by atoms with Crippen LogP contribution in [0.1, 0.15) is 26.3 Å². The van der Waals surface area contributed by atoms with Gasteiger partial charge in [0.25, 0.3) is 0 Å². The Morgan fingerprint density at radius 3 is 1.88 bits per heavy atom. The third-order valence-electron chi connectivity index (χ3n) is 4.55. The van der Waals surface area contributed by atoms with Gasteiger partial charge in [-0.15, -0.1) is 0 Å². The molecule has 1 aliphatic carbocycles. The van der Waals surface area contributed by atoms with Crippen molar-refractivity contribution >= 4 is 11.6 Å². The number of ketones is 2. The Hall–Kier alpha value is -3.20. The van der Waals surface area contributed by atoms with Crippen molar-refractivity contribution < 1.29 is 9.59 Å². The van der Waals surface area contributed by atoms with Crippen molar-refractivity contribution in [2.24, 2.45) is 0 Å². The van der Waals surface area contributed by atoms with Gasteiger partial charge >= 0.3 is 0 Å². The van der Waals surface area contributed by atoms with Crippen LogP contribution in [0, 0.1) is 0 Å². The highest BCUT2D eigenvalue weighted by Crippen LogP contribution is 2.30. The third-order valence-corrected chi connectivity index (χ3v) is 4.55. The van der Waals surface area contributed by atoms with Gasteiger partial charge in [0.05, 0.1) is 5.57 Å². The molecule has 2 aromatic carbocycles. The first-order valence-corrected chi connectivity index (χ1v) is 8.33. The molecule has 0 N–H and O–H groups in total. The van der Waals surface area contributed by atoms with E-state index in [1.165, 1.54) is 5.56 Å². The highest BCUT2D eigenvalue weighted by Gasteiger charge is 2.34. The highest BCUT2D eigenvalue weighted by atomic mass is 16.2. The number of hydrogen-bond acceptors (Lipinski definition) is 3. The smallest absolute Gasteiger partial charge is 0.198 e. The van der Waals surface area contributed by atoms with E-state index < -0.39 is 0 Å². The summed E-state index contributed by atoms with van der Waals surface area (Å²) in [4.78, 5) is 27.1. The van der Waals surface area contributed by atoms with Gasteiger partial charge in [0, 0.05) is 30.1 Å². The summed E-state index contributed by atoms with van der Waals surface area (Å²) in [7, 11) is 0. The summed E-state index contributed by atoms with van der Waals surface area (Å²) in [5.74, 6) is -0.356. The summed E-state index contributed by atoms with van der Waals surface area (Å²) in [6.07, 6.45) is 8.48. The van der Waals surface area contributed by atoms with Gasteiger partial charge in [0.1, 0.15) is 0 Å². The average molecular weight is 327 g/mol. The zero-order valence-electron chi connectivity index (χ0n) is 13.7. The molecule has 0 atom stereocenters. The summed E-state index contributed by atoms with van der Waals surface area (Å²) in [6, 6.07) is 17.3. The van der Waals surface area contributed by atoms with Crippen LogP contribution in [0.25, 0.3) is 0 Å². The lowest BCUT2D eigenvalue weighted by atomic mass is 10.0. The molecule has 1 aliphatic heterocycles. The Morgan fingerprint density at radius 2 is 1.28 bits per heavy atom. The van der Waals surface area contributed by atoms with Crippen LogP contribution >= 0.6 is 0 Å². The van der Waals surface area contributed by atoms with Gasteiger partial charge in [-0.05, 0) is 29.7 Å². The van der Waals surface area contributed by atoms with Crippen molar-refractivity contribution in [3.8, 4) is 0 Å². The Labute approximate surface area is 146 Å². The van der Waals surface area contributed by atoms with E-state index in [-0.39, 0.29) is 17.1 Å². The topological polar surface area (TPSA) is 37.4 Å². The molecule has 0 bridgehead atoms. The van der Waals surface area contributed by atoms with Crippen LogP contribution in [-0.4, -0.2) is 23.0 Å². The number of allylic oxidation sites excluding steroid dienone is 4. The normalized spacial score (nSPS) is 15.9. The second-order valence-electron chi connectivity index (χ2n) is 6.14. The molecular weight excluding hydrogens is 310 g/mol. The molecular formula is C22H17NO2. The monoisotopic (exact) mass is 327 g/mol. The quantitative estimate of drug-likeness (QED) is 0.633. The van der Waals surface area contributed by atoms with E-state index in [9.17, 15) is 9.59 Å². The summed E-state index contributed by atoms with van der Waals surface area (Å²) in [5, 5.41) is 0. The van der Waals surface area contributed by atoms with Crippen LogP contribution in [-0.2, 0) is 6.42 Å². The fourth-order valence-electron chi connectivity index (χ4n) is 3.19. The third kappa shape index (κ3) is 2.85. The molecule has 2 aromatic rings. The lowest BCUT2D eigenvalue weighted by molar-refractivity contribution is 0.0988. The molecule has 0 saturated heterocycles. The SMILES string of the molecule is O=C1C(=C2C=CN(CCc3ccccc3)C=C2)C(=O)c2ccccc21. The van der Waals surface area contributed by atoms with Gasteiger partial charge in [0.15, 0.2) is 11.6 Å². The first-order chi connectivity index (χ1) is 12.2. The Kier molecular flexibility index (Phi) is 3.90. The Balaban J connectivity index is 1.51. The molecule has 0 fully saturated rings. The van der Waals surface area contributed by atoms with Gasteiger partial charge in [-0.2, -0.15) is 0 Å². The predicted octanol–water partition coefficient (Wildman–Crippen LogP) is 3.95. The number of benzene rings is 2. The maximum atomic E-state index is 12.5. The summed E-state index contributed by atoms with van der Waals surface area (Å²) in [5.41, 5.74) is 3.25. The van der Waals surface area contributed by atoms with E-state index in [4.69, 9.17) is 0 Å². The number of nitrogens with zero attached hydrogens (tertiary/aromatic N) is 1. The van der Waals surface area contributed by atoms with E-state index in [0.29, 0.717) is 16.7 Å². The molecule has 1 heterocycles. The largest absolute Gasteiger partial charge is 0.354 e. The number of hydrogen-bond donors (Lipinski definition) is 0. The van der Waals surface area contributed by atoms with Gasteiger partial charge in [0.2, 0.25) is 0 Å². The van der Waals surface area contributed by atoms with Crippen LogP contribution in [0.2, 0.25) is 0 Å². The van der Waals surface area contributed by atoms with Crippen LogP contribution in [0.5, 0.6) is 0 Å². The van der Waals surface area contributed by atoms with Gasteiger partial charge in [-0.3, -0.25) is 9.59 Å². The zero-order chi connectivity index (χ0) is 17.2. The molecule has 2 aliphatic rings. The molecule has 25 heavy (non-hydrogen) atoms. The van der Waals surface area contributed by atoms with Crippen molar-refractivity contribution in [1.82, 2.24) is 4.90 Å². The second kappa shape index (κ2) is 6.36.